The molecule has 112 valence electrons. The van der Waals surface area contributed by atoms with Crippen molar-refractivity contribution < 1.29 is 13.2 Å². The molecule has 0 aliphatic heterocycles. The van der Waals surface area contributed by atoms with Gasteiger partial charge in [-0.2, -0.15) is 13.2 Å². The predicted molar refractivity (Wildman–Crippen MR) is 78.9 cm³/mol. The average Bonchev–Trinajstić information content (AvgIpc) is 2.45. The van der Waals surface area contributed by atoms with Crippen molar-refractivity contribution in [2.45, 2.75) is 18.6 Å². The lowest BCUT2D eigenvalue weighted by atomic mass is 9.98. The van der Waals surface area contributed by atoms with E-state index in [0.717, 1.165) is 5.56 Å². The van der Waals surface area contributed by atoms with E-state index in [1.807, 2.05) is 12.1 Å². The van der Waals surface area contributed by atoms with Gasteiger partial charge in [0.2, 0.25) is 0 Å². The zero-order valence-electron chi connectivity index (χ0n) is 11.3. The third-order valence-electron chi connectivity index (χ3n) is 3.24. The third-order valence-corrected chi connectivity index (χ3v) is 3.93. The zero-order chi connectivity index (χ0) is 15.5. The van der Waals surface area contributed by atoms with E-state index >= 15 is 0 Å². The van der Waals surface area contributed by atoms with Crippen LogP contribution in [0.2, 0.25) is 0 Å². The number of aromatic nitrogens is 1. The molecule has 0 bridgehead atoms. The number of nitrogens with zero attached hydrogens (tertiary/aromatic N) is 1. The second-order valence-corrected chi connectivity index (χ2v) is 5.49. The summed E-state index contributed by atoms with van der Waals surface area (Å²) in [4.78, 5) is 3.93. The van der Waals surface area contributed by atoms with E-state index in [0.29, 0.717) is 12.0 Å². The van der Waals surface area contributed by atoms with E-state index in [1.54, 1.807) is 25.5 Å². The molecule has 0 saturated carbocycles. The second kappa shape index (κ2) is 6.58. The first-order valence-electron chi connectivity index (χ1n) is 6.34. The predicted octanol–water partition coefficient (Wildman–Crippen LogP) is 4.37. The fraction of sp³-hybridized carbons (Fsp3) is 0.267. The van der Waals surface area contributed by atoms with Gasteiger partial charge in [0.15, 0.2) is 0 Å². The number of benzene rings is 1. The molecular formula is C15H14BrF3N2. The maximum Gasteiger partial charge on any atom is 0.417 e. The lowest BCUT2D eigenvalue weighted by molar-refractivity contribution is -0.138. The first-order valence-corrected chi connectivity index (χ1v) is 7.14. The minimum Gasteiger partial charge on any atom is -0.313 e. The van der Waals surface area contributed by atoms with Crippen LogP contribution in [0.4, 0.5) is 13.2 Å². The van der Waals surface area contributed by atoms with Gasteiger partial charge in [0.05, 0.1) is 5.56 Å². The Labute approximate surface area is 129 Å². The van der Waals surface area contributed by atoms with Gasteiger partial charge in [-0.15, -0.1) is 0 Å². The molecule has 0 aliphatic rings. The third kappa shape index (κ3) is 4.04. The van der Waals surface area contributed by atoms with Gasteiger partial charge in [0, 0.05) is 22.9 Å². The number of halogens is 4. The SMILES string of the molecule is CNC(Cc1ccncc1)c1ccc(Br)c(C(F)(F)F)c1. The normalized spacial score (nSPS) is 13.2. The molecule has 1 N–H and O–H groups in total. The van der Waals surface area contributed by atoms with Crippen molar-refractivity contribution in [2.75, 3.05) is 7.05 Å². The molecule has 2 nitrogen and oxygen atoms in total. The van der Waals surface area contributed by atoms with Crippen molar-refractivity contribution in [1.82, 2.24) is 10.3 Å². The minimum atomic E-state index is -4.37. The fourth-order valence-electron chi connectivity index (χ4n) is 2.12. The molecule has 0 radical (unpaired) electrons. The van der Waals surface area contributed by atoms with E-state index < -0.39 is 11.7 Å². The summed E-state index contributed by atoms with van der Waals surface area (Å²) in [6.45, 7) is 0. The molecule has 1 unspecified atom stereocenters. The molecule has 1 heterocycles. The monoisotopic (exact) mass is 358 g/mol. The van der Waals surface area contributed by atoms with Crippen molar-refractivity contribution in [2.24, 2.45) is 0 Å². The highest BCUT2D eigenvalue weighted by Gasteiger charge is 2.33. The zero-order valence-corrected chi connectivity index (χ0v) is 12.9. The summed E-state index contributed by atoms with van der Waals surface area (Å²) >= 11 is 2.96. The molecule has 6 heteroatoms. The molecule has 0 spiro atoms. The Kier molecular flexibility index (Phi) is 5.00. The number of hydrogen-bond acceptors (Lipinski definition) is 2. The van der Waals surface area contributed by atoms with Gasteiger partial charge in [-0.1, -0.05) is 22.0 Å². The summed E-state index contributed by atoms with van der Waals surface area (Å²) in [5.41, 5.74) is 0.959. The number of likely N-dealkylation sites (N-methyl/N-ethyl adjacent to an activating group) is 1. The fourth-order valence-corrected chi connectivity index (χ4v) is 2.59. The Bertz CT molecular complexity index is 600. The second-order valence-electron chi connectivity index (χ2n) is 4.64. The summed E-state index contributed by atoms with van der Waals surface area (Å²) in [6, 6.07) is 7.84. The average molecular weight is 359 g/mol. The van der Waals surface area contributed by atoms with Gasteiger partial charge < -0.3 is 5.32 Å². The van der Waals surface area contributed by atoms with Crippen LogP contribution in [-0.2, 0) is 12.6 Å². The van der Waals surface area contributed by atoms with Crippen molar-refractivity contribution in [3.05, 3.63) is 63.9 Å². The smallest absolute Gasteiger partial charge is 0.313 e. The molecule has 0 saturated heterocycles. The molecule has 2 rings (SSSR count). The molecule has 0 aliphatic carbocycles. The van der Waals surface area contributed by atoms with Crippen LogP contribution in [0.1, 0.15) is 22.7 Å². The van der Waals surface area contributed by atoms with Gasteiger partial charge in [0.1, 0.15) is 0 Å². The van der Waals surface area contributed by atoms with Crippen LogP contribution in [0.5, 0.6) is 0 Å². The Morgan fingerprint density at radius 3 is 2.43 bits per heavy atom. The molecule has 2 aromatic rings. The molecular weight excluding hydrogens is 345 g/mol. The largest absolute Gasteiger partial charge is 0.417 e. The summed E-state index contributed by atoms with van der Waals surface area (Å²) in [7, 11) is 1.74. The van der Waals surface area contributed by atoms with Gasteiger partial charge in [-0.05, 0) is 48.9 Å². The summed E-state index contributed by atoms with van der Waals surface area (Å²) < 4.78 is 38.9. The van der Waals surface area contributed by atoms with Crippen LogP contribution in [-0.4, -0.2) is 12.0 Å². The molecule has 21 heavy (non-hydrogen) atoms. The van der Waals surface area contributed by atoms with Crippen molar-refractivity contribution in [3.63, 3.8) is 0 Å². The van der Waals surface area contributed by atoms with Crippen LogP contribution in [0.3, 0.4) is 0 Å². The Hall–Kier alpha value is -1.40. The number of rotatable bonds is 4. The van der Waals surface area contributed by atoms with Gasteiger partial charge in [-0.25, -0.2) is 0 Å². The summed E-state index contributed by atoms with van der Waals surface area (Å²) in [5, 5.41) is 3.06. The Balaban J connectivity index is 2.30. The lowest BCUT2D eigenvalue weighted by Crippen LogP contribution is -2.20. The minimum absolute atomic E-state index is 0.0533. The quantitative estimate of drug-likeness (QED) is 0.877. The van der Waals surface area contributed by atoms with Crippen LogP contribution in [0, 0.1) is 0 Å². The van der Waals surface area contributed by atoms with Crippen LogP contribution in [0.25, 0.3) is 0 Å². The summed E-state index contributed by atoms with van der Waals surface area (Å²) in [5.74, 6) is 0. The van der Waals surface area contributed by atoms with E-state index in [2.05, 4.69) is 26.2 Å². The van der Waals surface area contributed by atoms with Gasteiger partial charge in [0.25, 0.3) is 0 Å². The highest BCUT2D eigenvalue weighted by atomic mass is 79.9. The summed E-state index contributed by atoms with van der Waals surface area (Å²) in [6.07, 6.45) is -0.433. The van der Waals surface area contributed by atoms with Crippen LogP contribution < -0.4 is 5.32 Å². The number of hydrogen-bond donors (Lipinski definition) is 1. The maximum absolute atomic E-state index is 13.0. The molecule has 1 aromatic heterocycles. The van der Waals surface area contributed by atoms with E-state index in [-0.39, 0.29) is 10.5 Å². The van der Waals surface area contributed by atoms with Gasteiger partial charge >= 0.3 is 6.18 Å². The van der Waals surface area contributed by atoms with Crippen molar-refractivity contribution in [1.29, 1.82) is 0 Å². The highest BCUT2D eigenvalue weighted by molar-refractivity contribution is 9.10. The number of alkyl halides is 3. The molecule has 0 fully saturated rings. The standard InChI is InChI=1S/C15H14BrF3N2/c1-20-14(8-10-4-6-21-7-5-10)11-2-3-13(16)12(9-11)15(17,18)19/h2-7,9,14,20H,8H2,1H3. The van der Waals surface area contributed by atoms with E-state index in [4.69, 9.17) is 0 Å². The van der Waals surface area contributed by atoms with Crippen molar-refractivity contribution in [3.8, 4) is 0 Å². The van der Waals surface area contributed by atoms with Crippen LogP contribution in [0.15, 0.2) is 47.2 Å². The molecule has 0 amide bonds. The van der Waals surface area contributed by atoms with Crippen LogP contribution >= 0.6 is 15.9 Å². The maximum atomic E-state index is 13.0. The highest BCUT2D eigenvalue weighted by Crippen LogP contribution is 2.36. The molecule has 1 aromatic carbocycles. The number of pyridine rings is 1. The van der Waals surface area contributed by atoms with Crippen molar-refractivity contribution >= 4 is 15.9 Å². The Morgan fingerprint density at radius 1 is 1.19 bits per heavy atom. The van der Waals surface area contributed by atoms with E-state index in [1.165, 1.54) is 12.1 Å². The Morgan fingerprint density at radius 2 is 1.86 bits per heavy atom. The topological polar surface area (TPSA) is 24.9 Å². The lowest BCUT2D eigenvalue weighted by Gasteiger charge is -2.19. The first-order chi connectivity index (χ1) is 9.91. The molecule has 1 atom stereocenters. The first kappa shape index (κ1) is 16.0. The van der Waals surface area contributed by atoms with E-state index in [9.17, 15) is 13.2 Å². The number of nitrogens with one attached hydrogen (secondary N) is 1. The van der Waals surface area contributed by atoms with Gasteiger partial charge in [-0.3, -0.25) is 4.98 Å².